The maximum Gasteiger partial charge on any atom is 0.293 e. The van der Waals surface area contributed by atoms with Crippen molar-refractivity contribution in [3.63, 3.8) is 0 Å². The summed E-state index contributed by atoms with van der Waals surface area (Å²) in [5.41, 5.74) is 1.01. The first-order chi connectivity index (χ1) is 10.6. The van der Waals surface area contributed by atoms with E-state index >= 15 is 0 Å². The molecule has 1 aliphatic heterocycles. The molecule has 0 aromatic carbocycles. The minimum absolute atomic E-state index is 0.258. The average molecular weight is 319 g/mol. The highest BCUT2D eigenvalue weighted by Gasteiger charge is 2.22. The van der Waals surface area contributed by atoms with Gasteiger partial charge in [-0.15, -0.1) is 11.3 Å². The van der Waals surface area contributed by atoms with E-state index in [1.165, 1.54) is 24.0 Å². The van der Waals surface area contributed by atoms with Crippen LogP contribution in [0.4, 0.5) is 5.13 Å². The van der Waals surface area contributed by atoms with E-state index in [4.69, 9.17) is 4.42 Å². The molecule has 0 radical (unpaired) electrons. The number of carbonyl (C=O) groups is 1. The number of likely N-dealkylation sites (tertiary alicyclic amines) is 1. The summed E-state index contributed by atoms with van der Waals surface area (Å²) in [5, 5.41) is 5.41. The number of rotatable bonds is 4. The van der Waals surface area contributed by atoms with Gasteiger partial charge in [-0.1, -0.05) is 13.8 Å². The molecule has 5 nitrogen and oxygen atoms in total. The van der Waals surface area contributed by atoms with Crippen LogP contribution in [0.5, 0.6) is 0 Å². The Morgan fingerprint density at radius 3 is 2.91 bits per heavy atom. The fourth-order valence-corrected chi connectivity index (χ4v) is 3.85. The Kier molecular flexibility index (Phi) is 4.59. The summed E-state index contributed by atoms with van der Waals surface area (Å²) < 4.78 is 5.08. The Morgan fingerprint density at radius 2 is 2.23 bits per heavy atom. The summed E-state index contributed by atoms with van der Waals surface area (Å²) in [4.78, 5) is 18.9. The molecule has 1 N–H and O–H groups in total. The number of hydrogen-bond donors (Lipinski definition) is 1. The fourth-order valence-electron chi connectivity index (χ4n) is 3.15. The largest absolute Gasteiger partial charge is 0.459 e. The first-order valence-electron chi connectivity index (χ1n) is 7.61. The molecule has 6 heteroatoms. The van der Waals surface area contributed by atoms with Crippen molar-refractivity contribution < 1.29 is 9.21 Å². The number of furan rings is 1. The number of nitrogens with zero attached hydrogens (tertiary/aromatic N) is 2. The van der Waals surface area contributed by atoms with Gasteiger partial charge in [-0.05, 0) is 30.4 Å². The van der Waals surface area contributed by atoms with Crippen molar-refractivity contribution in [1.29, 1.82) is 0 Å². The van der Waals surface area contributed by atoms with Crippen LogP contribution in [0.2, 0.25) is 0 Å². The molecule has 0 saturated carbocycles. The van der Waals surface area contributed by atoms with Crippen molar-refractivity contribution in [1.82, 2.24) is 9.88 Å². The molecular formula is C16H21N3O2S. The molecule has 1 aliphatic rings. The van der Waals surface area contributed by atoms with Gasteiger partial charge in [0.05, 0.1) is 12.0 Å². The minimum atomic E-state index is -0.258. The van der Waals surface area contributed by atoms with E-state index < -0.39 is 0 Å². The number of hydrogen-bond acceptors (Lipinski definition) is 5. The lowest BCUT2D eigenvalue weighted by Crippen LogP contribution is -2.38. The van der Waals surface area contributed by atoms with E-state index in [0.29, 0.717) is 10.9 Å². The number of thiazole rings is 1. The Morgan fingerprint density at radius 1 is 1.45 bits per heavy atom. The normalized spacial score (nSPS) is 22.6. The minimum Gasteiger partial charge on any atom is -0.459 e. The van der Waals surface area contributed by atoms with Crippen molar-refractivity contribution in [3.8, 4) is 0 Å². The second-order valence-electron chi connectivity index (χ2n) is 6.22. The third-order valence-corrected chi connectivity index (χ3v) is 4.65. The first-order valence-corrected chi connectivity index (χ1v) is 8.49. The number of anilines is 1. The van der Waals surface area contributed by atoms with Crippen LogP contribution in [0.15, 0.2) is 28.2 Å². The Bertz CT molecular complexity index is 613. The molecule has 3 rings (SSSR count). The molecule has 1 saturated heterocycles. The lowest BCUT2D eigenvalue weighted by atomic mass is 9.92. The van der Waals surface area contributed by atoms with Gasteiger partial charge < -0.3 is 4.42 Å². The summed E-state index contributed by atoms with van der Waals surface area (Å²) in [6, 6.07) is 3.33. The number of aromatic nitrogens is 1. The smallest absolute Gasteiger partial charge is 0.293 e. The van der Waals surface area contributed by atoms with E-state index in [1.54, 1.807) is 12.1 Å². The SMILES string of the molecule is C[C@@H]1C[C@@H](C)CN(Cc2csc(NC(=O)c3ccco3)n2)C1. The molecule has 2 aromatic rings. The zero-order valence-electron chi connectivity index (χ0n) is 12.9. The van der Waals surface area contributed by atoms with Crippen LogP contribution in [0.3, 0.4) is 0 Å². The van der Waals surface area contributed by atoms with Crippen molar-refractivity contribution in [2.75, 3.05) is 18.4 Å². The lowest BCUT2D eigenvalue weighted by molar-refractivity contribution is 0.0996. The number of nitrogens with one attached hydrogen (secondary N) is 1. The van der Waals surface area contributed by atoms with Crippen molar-refractivity contribution in [2.24, 2.45) is 11.8 Å². The second kappa shape index (κ2) is 6.62. The van der Waals surface area contributed by atoms with Crippen LogP contribution in [-0.4, -0.2) is 28.9 Å². The van der Waals surface area contributed by atoms with Crippen molar-refractivity contribution in [2.45, 2.75) is 26.8 Å². The summed E-state index contributed by atoms with van der Waals surface area (Å²) in [6.07, 6.45) is 2.79. The Balaban J connectivity index is 1.58. The lowest BCUT2D eigenvalue weighted by Gasteiger charge is -2.34. The Hall–Kier alpha value is -1.66. The van der Waals surface area contributed by atoms with Crippen LogP contribution >= 0.6 is 11.3 Å². The highest BCUT2D eigenvalue weighted by atomic mass is 32.1. The van der Waals surface area contributed by atoms with Crippen LogP contribution < -0.4 is 5.32 Å². The van der Waals surface area contributed by atoms with Gasteiger partial charge in [0.25, 0.3) is 5.91 Å². The van der Waals surface area contributed by atoms with Gasteiger partial charge >= 0.3 is 0 Å². The zero-order valence-corrected chi connectivity index (χ0v) is 13.7. The molecule has 1 amide bonds. The van der Waals surface area contributed by atoms with Gasteiger partial charge in [-0.25, -0.2) is 4.98 Å². The molecule has 22 heavy (non-hydrogen) atoms. The summed E-state index contributed by atoms with van der Waals surface area (Å²) in [6.45, 7) is 7.70. The predicted octanol–water partition coefficient (Wildman–Crippen LogP) is 3.47. The molecule has 2 aromatic heterocycles. The molecule has 3 heterocycles. The van der Waals surface area contributed by atoms with Gasteiger partial charge in [0.1, 0.15) is 0 Å². The molecule has 118 valence electrons. The standard InChI is InChI=1S/C16H21N3O2S/c1-11-6-12(2)8-19(7-11)9-13-10-22-16(17-13)18-15(20)14-4-3-5-21-14/h3-5,10-12H,6-9H2,1-2H3,(H,17,18,20)/t11-,12-/m1/s1. The van der Waals surface area contributed by atoms with E-state index in [9.17, 15) is 4.79 Å². The second-order valence-corrected chi connectivity index (χ2v) is 7.07. The first kappa shape index (κ1) is 15.2. The predicted molar refractivity (Wildman–Crippen MR) is 87.0 cm³/mol. The molecule has 2 atom stereocenters. The van der Waals surface area contributed by atoms with Gasteiger partial charge in [-0.2, -0.15) is 0 Å². The van der Waals surface area contributed by atoms with Crippen LogP contribution in [0, 0.1) is 11.8 Å². The third-order valence-electron chi connectivity index (χ3n) is 3.85. The van der Waals surface area contributed by atoms with Gasteiger partial charge in [-0.3, -0.25) is 15.0 Å². The van der Waals surface area contributed by atoms with E-state index in [-0.39, 0.29) is 5.91 Å². The van der Waals surface area contributed by atoms with Crippen molar-refractivity contribution in [3.05, 3.63) is 35.2 Å². The maximum atomic E-state index is 11.9. The number of piperidine rings is 1. The monoisotopic (exact) mass is 319 g/mol. The molecular weight excluding hydrogens is 298 g/mol. The van der Waals surface area contributed by atoms with Crippen LogP contribution in [0.25, 0.3) is 0 Å². The molecule has 0 bridgehead atoms. The van der Waals surface area contributed by atoms with Gasteiger partial charge in [0, 0.05) is 25.0 Å². The number of carbonyl (C=O) groups excluding carboxylic acids is 1. The summed E-state index contributed by atoms with van der Waals surface area (Å²) >= 11 is 1.45. The van der Waals surface area contributed by atoms with E-state index in [2.05, 4.69) is 29.0 Å². The van der Waals surface area contributed by atoms with Crippen LogP contribution in [-0.2, 0) is 6.54 Å². The Labute approximate surface area is 134 Å². The average Bonchev–Trinajstić information content (AvgIpc) is 3.09. The molecule has 0 aliphatic carbocycles. The van der Waals surface area contributed by atoms with Crippen molar-refractivity contribution >= 4 is 22.4 Å². The highest BCUT2D eigenvalue weighted by molar-refractivity contribution is 7.13. The number of amides is 1. The molecule has 0 spiro atoms. The van der Waals surface area contributed by atoms with E-state index in [0.717, 1.165) is 37.2 Å². The summed E-state index contributed by atoms with van der Waals surface area (Å²) in [5.74, 6) is 1.52. The fraction of sp³-hybridized carbons (Fsp3) is 0.500. The van der Waals surface area contributed by atoms with E-state index in [1.807, 2.05) is 5.38 Å². The van der Waals surface area contributed by atoms with Crippen LogP contribution in [0.1, 0.15) is 36.5 Å². The van der Waals surface area contributed by atoms with Gasteiger partial charge in [0.2, 0.25) is 0 Å². The molecule has 0 unspecified atom stereocenters. The highest BCUT2D eigenvalue weighted by Crippen LogP contribution is 2.24. The topological polar surface area (TPSA) is 58.4 Å². The third kappa shape index (κ3) is 3.75. The van der Waals surface area contributed by atoms with Gasteiger partial charge in [0.15, 0.2) is 10.9 Å². The quantitative estimate of drug-likeness (QED) is 0.937. The maximum absolute atomic E-state index is 11.9. The summed E-state index contributed by atoms with van der Waals surface area (Å²) in [7, 11) is 0. The molecule has 1 fully saturated rings. The zero-order chi connectivity index (χ0) is 15.5.